The van der Waals surface area contributed by atoms with Gasteiger partial charge in [-0.25, -0.2) is 9.37 Å². The molecule has 2 fully saturated rings. The van der Waals surface area contributed by atoms with E-state index >= 15 is 0 Å². The Balaban J connectivity index is 0.00000140. The van der Waals surface area contributed by atoms with Gasteiger partial charge in [-0.15, -0.1) is 12.4 Å². The topological polar surface area (TPSA) is 69.8 Å². The fraction of sp³-hybridized carbons (Fsp3) is 0.600. The van der Waals surface area contributed by atoms with Gasteiger partial charge in [0.25, 0.3) is 5.56 Å². The molecule has 2 heterocycles. The highest BCUT2D eigenvalue weighted by molar-refractivity contribution is 7.99. The molecule has 1 saturated carbocycles. The molecule has 1 aliphatic carbocycles. The zero-order valence-electron chi connectivity index (χ0n) is 15.2. The molecular weight excluding hydrogens is 399 g/mol. The van der Waals surface area contributed by atoms with Crippen molar-refractivity contribution in [2.24, 2.45) is 5.92 Å². The fourth-order valence-corrected chi connectivity index (χ4v) is 4.62. The van der Waals surface area contributed by atoms with Crippen molar-refractivity contribution >= 4 is 40.8 Å². The molecule has 1 saturated heterocycles. The van der Waals surface area contributed by atoms with Gasteiger partial charge in [-0.1, -0.05) is 13.8 Å². The summed E-state index contributed by atoms with van der Waals surface area (Å²) in [5, 5.41) is 7.46. The summed E-state index contributed by atoms with van der Waals surface area (Å²) < 4.78 is 14.3. The van der Waals surface area contributed by atoms with Gasteiger partial charge in [0.1, 0.15) is 11.6 Å². The van der Waals surface area contributed by atoms with E-state index in [-0.39, 0.29) is 31.2 Å². The maximum atomic E-state index is 14.3. The van der Waals surface area contributed by atoms with Crippen LogP contribution in [0, 0.1) is 11.7 Å². The average Bonchev–Trinajstić information content (AvgIpc) is 2.61. The van der Waals surface area contributed by atoms with E-state index in [0.717, 1.165) is 32.5 Å². The molecule has 8 heteroatoms. The lowest BCUT2D eigenvalue weighted by atomic mass is 9.85. The van der Waals surface area contributed by atoms with Crippen LogP contribution in [0.15, 0.2) is 16.9 Å². The predicted molar refractivity (Wildman–Crippen MR) is 119 cm³/mol. The molecule has 1 aromatic carbocycles. The smallest absolute Gasteiger partial charge is 0.258 e. The first kappa shape index (κ1) is 23.0. The second-order valence-corrected chi connectivity index (χ2v) is 8.59. The lowest BCUT2D eigenvalue weighted by Crippen LogP contribution is -2.29. The molecule has 0 unspecified atom stereocenters. The van der Waals surface area contributed by atoms with Crippen molar-refractivity contribution in [1.29, 1.82) is 0 Å². The van der Waals surface area contributed by atoms with E-state index in [0.29, 0.717) is 39.3 Å². The Labute approximate surface area is 176 Å². The molecule has 0 amide bonds. The zero-order valence-corrected chi connectivity index (χ0v) is 16.9. The van der Waals surface area contributed by atoms with Crippen molar-refractivity contribution in [3.05, 3.63) is 34.1 Å². The number of piperidine rings is 1. The Morgan fingerprint density at radius 1 is 1.21 bits per heavy atom. The van der Waals surface area contributed by atoms with Crippen LogP contribution in [-0.2, 0) is 5.75 Å². The van der Waals surface area contributed by atoms with Crippen LogP contribution in [0.3, 0.4) is 0 Å². The van der Waals surface area contributed by atoms with Gasteiger partial charge in [0.15, 0.2) is 0 Å². The van der Waals surface area contributed by atoms with E-state index in [1.54, 1.807) is 6.07 Å². The summed E-state index contributed by atoms with van der Waals surface area (Å²) in [5.41, 5.74) is 0.743. The molecule has 2 aliphatic rings. The lowest BCUT2D eigenvalue weighted by Gasteiger charge is -2.26. The van der Waals surface area contributed by atoms with Crippen LogP contribution >= 0.6 is 24.2 Å². The fourth-order valence-electron chi connectivity index (χ4n) is 3.52. The molecule has 0 spiro atoms. The summed E-state index contributed by atoms with van der Waals surface area (Å²) in [5.74, 6) is 1.59. The molecule has 2 aromatic rings. The Morgan fingerprint density at radius 2 is 1.96 bits per heavy atom. The number of aromatic amines is 1. The summed E-state index contributed by atoms with van der Waals surface area (Å²) in [6, 6.07) is 2.98. The van der Waals surface area contributed by atoms with Gasteiger partial charge >= 0.3 is 0 Å². The van der Waals surface area contributed by atoms with Crippen molar-refractivity contribution in [3.8, 4) is 0 Å². The number of hydrogen-bond donors (Lipinski definition) is 3. The summed E-state index contributed by atoms with van der Waals surface area (Å²) in [7, 11) is 0. The molecule has 0 bridgehead atoms. The standard InChI is InChI=1S/C19H25FN4OS.CH4.ClH/c20-15-8-14-16(9-17(15)22-10-12-2-1-3-12)23-18(24-19(14)25)11-26-13-4-6-21-7-5-13;;/h8-9,12-13,21-22H,1-7,10-11H2,(H,23,24,25);1H4;1H. The van der Waals surface area contributed by atoms with Crippen LogP contribution in [0.1, 0.15) is 45.4 Å². The summed E-state index contributed by atoms with van der Waals surface area (Å²) >= 11 is 1.84. The second-order valence-electron chi connectivity index (χ2n) is 7.30. The zero-order chi connectivity index (χ0) is 17.9. The number of nitrogens with zero attached hydrogens (tertiary/aromatic N) is 1. The van der Waals surface area contributed by atoms with E-state index in [2.05, 4.69) is 20.6 Å². The third kappa shape index (κ3) is 5.39. The number of hydrogen-bond acceptors (Lipinski definition) is 5. The van der Waals surface area contributed by atoms with Crippen LogP contribution in [0.2, 0.25) is 0 Å². The van der Waals surface area contributed by atoms with Gasteiger partial charge in [-0.2, -0.15) is 11.8 Å². The highest BCUT2D eigenvalue weighted by Gasteiger charge is 2.18. The quantitative estimate of drug-likeness (QED) is 0.639. The van der Waals surface area contributed by atoms with Gasteiger partial charge in [0.2, 0.25) is 0 Å². The number of nitrogens with one attached hydrogen (secondary N) is 3. The first-order chi connectivity index (χ1) is 12.7. The summed E-state index contributed by atoms with van der Waals surface area (Å²) in [6.07, 6.45) is 5.96. The molecule has 3 N–H and O–H groups in total. The van der Waals surface area contributed by atoms with E-state index in [9.17, 15) is 9.18 Å². The summed E-state index contributed by atoms with van der Waals surface area (Å²) in [6.45, 7) is 2.88. The minimum absolute atomic E-state index is 0. The molecule has 4 rings (SSSR count). The van der Waals surface area contributed by atoms with Gasteiger partial charge in [0.05, 0.1) is 22.3 Å². The third-order valence-electron chi connectivity index (χ3n) is 5.39. The highest BCUT2D eigenvalue weighted by atomic mass is 35.5. The van der Waals surface area contributed by atoms with Crippen molar-refractivity contribution in [3.63, 3.8) is 0 Å². The molecular formula is C20H30ClFN4OS. The molecule has 0 atom stereocenters. The molecule has 156 valence electrons. The Hall–Kier alpha value is -1.31. The molecule has 5 nitrogen and oxygen atoms in total. The Morgan fingerprint density at radius 3 is 2.64 bits per heavy atom. The van der Waals surface area contributed by atoms with Crippen molar-refractivity contribution in [1.82, 2.24) is 15.3 Å². The van der Waals surface area contributed by atoms with Crippen molar-refractivity contribution in [2.45, 2.75) is 50.5 Å². The number of fused-ring (bicyclic) bond motifs is 1. The maximum Gasteiger partial charge on any atom is 0.258 e. The van der Waals surface area contributed by atoms with Gasteiger partial charge in [0, 0.05) is 11.8 Å². The number of rotatable bonds is 6. The van der Waals surface area contributed by atoms with E-state index in [4.69, 9.17) is 0 Å². The number of thioether (sulfide) groups is 1. The van der Waals surface area contributed by atoms with E-state index < -0.39 is 0 Å². The number of H-pyrrole nitrogens is 1. The highest BCUT2D eigenvalue weighted by Crippen LogP contribution is 2.28. The Kier molecular flexibility index (Phi) is 8.58. The van der Waals surface area contributed by atoms with Crippen LogP contribution in [-0.4, -0.2) is 34.9 Å². The number of aromatic nitrogens is 2. The largest absolute Gasteiger partial charge is 0.382 e. The van der Waals surface area contributed by atoms with Crippen LogP contribution < -0.4 is 16.2 Å². The van der Waals surface area contributed by atoms with Crippen LogP contribution in [0.25, 0.3) is 10.9 Å². The Bertz CT molecular complexity index is 837. The minimum Gasteiger partial charge on any atom is -0.382 e. The molecule has 0 radical (unpaired) electrons. The molecule has 28 heavy (non-hydrogen) atoms. The first-order valence-electron chi connectivity index (χ1n) is 9.47. The SMILES string of the molecule is C.Cl.O=c1[nH]c(CSC2CCNCC2)nc2cc(NCC3CCC3)c(F)cc12. The first-order valence-corrected chi connectivity index (χ1v) is 10.5. The van der Waals surface area contributed by atoms with Gasteiger partial charge in [-0.3, -0.25) is 4.79 Å². The minimum atomic E-state index is -0.388. The van der Waals surface area contributed by atoms with Gasteiger partial charge in [-0.05, 0) is 56.8 Å². The number of benzene rings is 1. The third-order valence-corrected chi connectivity index (χ3v) is 6.77. The normalized spacial score (nSPS) is 17.5. The van der Waals surface area contributed by atoms with Crippen molar-refractivity contribution < 1.29 is 4.39 Å². The number of anilines is 1. The maximum absolute atomic E-state index is 14.3. The predicted octanol–water partition coefficient (Wildman–Crippen LogP) is 4.32. The number of halogens is 2. The van der Waals surface area contributed by atoms with Crippen LogP contribution in [0.4, 0.5) is 10.1 Å². The van der Waals surface area contributed by atoms with Crippen molar-refractivity contribution in [2.75, 3.05) is 25.0 Å². The lowest BCUT2D eigenvalue weighted by molar-refractivity contribution is 0.333. The molecule has 1 aliphatic heterocycles. The second kappa shape index (κ2) is 10.5. The molecule has 1 aromatic heterocycles. The van der Waals surface area contributed by atoms with E-state index in [1.807, 2.05) is 11.8 Å². The van der Waals surface area contributed by atoms with E-state index in [1.165, 1.54) is 25.3 Å². The monoisotopic (exact) mass is 428 g/mol. The summed E-state index contributed by atoms with van der Waals surface area (Å²) in [4.78, 5) is 19.7. The average molecular weight is 429 g/mol. The van der Waals surface area contributed by atoms with Gasteiger partial charge < -0.3 is 15.6 Å². The van der Waals surface area contributed by atoms with Crippen LogP contribution in [0.5, 0.6) is 0 Å².